The Kier molecular flexibility index (Phi) is 6.37. The van der Waals surface area contributed by atoms with Crippen molar-refractivity contribution in [3.05, 3.63) is 54.1 Å². The van der Waals surface area contributed by atoms with E-state index in [0.717, 1.165) is 6.42 Å². The number of para-hydroxylation sites is 2. The molecule has 0 spiro atoms. The van der Waals surface area contributed by atoms with E-state index >= 15 is 0 Å². The Bertz CT molecular complexity index is 712. The zero-order chi connectivity index (χ0) is 17.4. The molecule has 0 unspecified atom stereocenters. The summed E-state index contributed by atoms with van der Waals surface area (Å²) in [7, 11) is 0. The highest BCUT2D eigenvalue weighted by molar-refractivity contribution is 5.95. The molecule has 0 radical (unpaired) electrons. The molecule has 0 aromatic heterocycles. The van der Waals surface area contributed by atoms with Crippen molar-refractivity contribution in [1.82, 2.24) is 0 Å². The van der Waals surface area contributed by atoms with Gasteiger partial charge in [-0.25, -0.2) is 4.79 Å². The summed E-state index contributed by atoms with van der Waals surface area (Å²) in [6.07, 6.45) is 1.23. The molecular formula is C19H21NO4. The molecule has 0 heterocycles. The third-order valence-electron chi connectivity index (χ3n) is 3.23. The smallest absolute Gasteiger partial charge is 0.343 e. The van der Waals surface area contributed by atoms with Gasteiger partial charge in [-0.05, 0) is 36.8 Å². The number of hydrogen-bond donors (Lipinski definition) is 1. The van der Waals surface area contributed by atoms with Gasteiger partial charge in [-0.15, -0.1) is 0 Å². The fourth-order valence-electron chi connectivity index (χ4n) is 1.99. The summed E-state index contributed by atoms with van der Waals surface area (Å²) < 4.78 is 10.9. The van der Waals surface area contributed by atoms with Crippen molar-refractivity contribution >= 4 is 17.6 Å². The molecule has 1 N–H and O–H groups in total. The Hall–Kier alpha value is -2.82. The lowest BCUT2D eigenvalue weighted by atomic mass is 10.2. The van der Waals surface area contributed by atoms with E-state index in [1.807, 2.05) is 6.92 Å². The first-order valence-electron chi connectivity index (χ1n) is 7.98. The summed E-state index contributed by atoms with van der Waals surface area (Å²) in [5, 5.41) is 2.72. The van der Waals surface area contributed by atoms with Crippen molar-refractivity contribution in [3.8, 4) is 11.5 Å². The van der Waals surface area contributed by atoms with Crippen LogP contribution in [0.2, 0.25) is 0 Å². The largest absolute Gasteiger partial charge is 0.494 e. The van der Waals surface area contributed by atoms with Gasteiger partial charge in [0.15, 0.2) is 5.75 Å². The molecule has 0 bridgehead atoms. The summed E-state index contributed by atoms with van der Waals surface area (Å²) >= 11 is 0. The maximum absolute atomic E-state index is 12.4. The van der Waals surface area contributed by atoms with Crippen LogP contribution in [0.1, 0.15) is 37.0 Å². The highest BCUT2D eigenvalue weighted by atomic mass is 16.5. The molecule has 0 aliphatic rings. The first-order valence-corrected chi connectivity index (χ1v) is 7.98. The molecule has 0 aliphatic carbocycles. The van der Waals surface area contributed by atoms with Crippen LogP contribution in [0.4, 0.5) is 5.69 Å². The molecule has 5 nitrogen and oxygen atoms in total. The summed E-state index contributed by atoms with van der Waals surface area (Å²) in [4.78, 5) is 23.9. The number of hydrogen-bond acceptors (Lipinski definition) is 4. The van der Waals surface area contributed by atoms with Gasteiger partial charge in [-0.1, -0.05) is 32.0 Å². The van der Waals surface area contributed by atoms with Crippen LogP contribution in [0.15, 0.2) is 48.5 Å². The molecule has 2 aromatic carbocycles. The monoisotopic (exact) mass is 327 g/mol. The first-order chi connectivity index (χ1) is 11.6. The Morgan fingerprint density at radius 1 is 1.04 bits per heavy atom. The van der Waals surface area contributed by atoms with Crippen LogP contribution in [-0.4, -0.2) is 18.5 Å². The molecule has 5 heteroatoms. The third-order valence-corrected chi connectivity index (χ3v) is 3.23. The Balaban J connectivity index is 2.13. The predicted molar refractivity (Wildman–Crippen MR) is 92.5 cm³/mol. The van der Waals surface area contributed by atoms with E-state index in [1.165, 1.54) is 0 Å². The number of nitrogens with one attached hydrogen (secondary N) is 1. The molecule has 2 aromatic rings. The number of carbonyl (C=O) groups is 2. The minimum absolute atomic E-state index is 0.145. The summed E-state index contributed by atoms with van der Waals surface area (Å²) in [5.41, 5.74) is 0.858. The van der Waals surface area contributed by atoms with Crippen LogP contribution >= 0.6 is 0 Å². The van der Waals surface area contributed by atoms with Gasteiger partial charge < -0.3 is 14.8 Å². The Labute approximate surface area is 141 Å². The van der Waals surface area contributed by atoms with Crippen molar-refractivity contribution in [1.29, 1.82) is 0 Å². The molecule has 0 fully saturated rings. The Morgan fingerprint density at radius 3 is 2.58 bits per heavy atom. The minimum atomic E-state index is -0.504. The number of ether oxygens (including phenoxy) is 2. The molecule has 0 saturated carbocycles. The van der Waals surface area contributed by atoms with Crippen molar-refractivity contribution in [2.45, 2.75) is 26.7 Å². The normalized spacial score (nSPS) is 10.1. The van der Waals surface area contributed by atoms with Gasteiger partial charge in [0.1, 0.15) is 5.75 Å². The molecule has 0 saturated heterocycles. The van der Waals surface area contributed by atoms with E-state index in [9.17, 15) is 9.59 Å². The fourth-order valence-corrected chi connectivity index (χ4v) is 1.99. The van der Waals surface area contributed by atoms with Gasteiger partial charge in [0.25, 0.3) is 0 Å². The lowest BCUT2D eigenvalue weighted by Gasteiger charge is -2.11. The van der Waals surface area contributed by atoms with E-state index < -0.39 is 5.97 Å². The van der Waals surface area contributed by atoms with Gasteiger partial charge >= 0.3 is 5.97 Å². The molecule has 0 aliphatic heterocycles. The second-order valence-corrected chi connectivity index (χ2v) is 5.16. The van der Waals surface area contributed by atoms with E-state index in [2.05, 4.69) is 5.32 Å². The second kappa shape index (κ2) is 8.72. The van der Waals surface area contributed by atoms with E-state index in [-0.39, 0.29) is 5.91 Å². The van der Waals surface area contributed by atoms with Gasteiger partial charge in [-0.2, -0.15) is 0 Å². The van der Waals surface area contributed by atoms with E-state index in [4.69, 9.17) is 9.47 Å². The van der Waals surface area contributed by atoms with Crippen molar-refractivity contribution in [2.24, 2.45) is 0 Å². The van der Waals surface area contributed by atoms with Gasteiger partial charge in [0.05, 0.1) is 17.9 Å². The van der Waals surface area contributed by atoms with E-state index in [0.29, 0.717) is 35.8 Å². The minimum Gasteiger partial charge on any atom is -0.494 e. The third kappa shape index (κ3) is 4.84. The summed E-state index contributed by atoms with van der Waals surface area (Å²) in [6, 6.07) is 13.7. The maximum atomic E-state index is 12.4. The lowest BCUT2D eigenvalue weighted by Crippen LogP contribution is -2.13. The molecule has 126 valence electrons. The molecule has 0 atom stereocenters. The average Bonchev–Trinajstić information content (AvgIpc) is 2.61. The van der Waals surface area contributed by atoms with Gasteiger partial charge in [0, 0.05) is 6.42 Å². The van der Waals surface area contributed by atoms with Crippen molar-refractivity contribution in [3.63, 3.8) is 0 Å². The Morgan fingerprint density at radius 2 is 1.83 bits per heavy atom. The van der Waals surface area contributed by atoms with Crippen LogP contribution in [0.25, 0.3) is 0 Å². The average molecular weight is 327 g/mol. The van der Waals surface area contributed by atoms with E-state index in [1.54, 1.807) is 55.5 Å². The lowest BCUT2D eigenvalue weighted by molar-refractivity contribution is -0.115. The van der Waals surface area contributed by atoms with Crippen molar-refractivity contribution in [2.75, 3.05) is 11.9 Å². The zero-order valence-electron chi connectivity index (χ0n) is 13.9. The van der Waals surface area contributed by atoms with Crippen LogP contribution in [0.3, 0.4) is 0 Å². The molecule has 24 heavy (non-hydrogen) atoms. The molecule has 2 rings (SSSR count). The maximum Gasteiger partial charge on any atom is 0.343 e. The number of amides is 1. The molecular weight excluding hydrogens is 306 g/mol. The van der Waals surface area contributed by atoms with Crippen LogP contribution in [0, 0.1) is 0 Å². The molecule has 1 amide bonds. The topological polar surface area (TPSA) is 64.6 Å². The SMILES string of the molecule is CCCOc1cccc(C(=O)Oc2ccccc2NC(=O)CC)c1. The quantitative estimate of drug-likeness (QED) is 0.615. The number of benzene rings is 2. The summed E-state index contributed by atoms with van der Waals surface area (Å²) in [5.74, 6) is 0.284. The predicted octanol–water partition coefficient (Wildman–Crippen LogP) is 4.04. The first kappa shape index (κ1) is 17.5. The number of rotatable bonds is 7. The van der Waals surface area contributed by atoms with Crippen LogP contribution < -0.4 is 14.8 Å². The fraction of sp³-hybridized carbons (Fsp3) is 0.263. The zero-order valence-corrected chi connectivity index (χ0v) is 13.9. The van der Waals surface area contributed by atoms with Gasteiger partial charge in [-0.3, -0.25) is 4.79 Å². The number of anilines is 1. The number of carbonyl (C=O) groups excluding carboxylic acids is 2. The van der Waals surface area contributed by atoms with Crippen LogP contribution in [-0.2, 0) is 4.79 Å². The standard InChI is InChI=1S/C19H21NO4/c1-3-12-23-15-9-7-8-14(13-15)19(22)24-17-11-6-5-10-16(17)20-18(21)4-2/h5-11,13H,3-4,12H2,1-2H3,(H,20,21). The number of esters is 1. The van der Waals surface area contributed by atoms with Gasteiger partial charge in [0.2, 0.25) is 5.91 Å². The second-order valence-electron chi connectivity index (χ2n) is 5.16. The highest BCUT2D eigenvalue weighted by Crippen LogP contribution is 2.25. The van der Waals surface area contributed by atoms with Crippen molar-refractivity contribution < 1.29 is 19.1 Å². The summed E-state index contributed by atoms with van der Waals surface area (Å²) in [6.45, 7) is 4.36. The van der Waals surface area contributed by atoms with Crippen LogP contribution in [0.5, 0.6) is 11.5 Å². The highest BCUT2D eigenvalue weighted by Gasteiger charge is 2.13.